The largest absolute Gasteiger partial charge is 0.573 e. The van der Waals surface area contributed by atoms with Crippen LogP contribution in [-0.4, -0.2) is 53.4 Å². The summed E-state index contributed by atoms with van der Waals surface area (Å²) in [6.45, 7) is 9.11. The number of ether oxygens (including phenoxy) is 2. The Balaban J connectivity index is 1.49. The van der Waals surface area contributed by atoms with Crippen molar-refractivity contribution in [3.8, 4) is 16.9 Å². The van der Waals surface area contributed by atoms with Crippen LogP contribution < -0.4 is 4.74 Å². The van der Waals surface area contributed by atoms with E-state index in [1.807, 2.05) is 50.8 Å². The van der Waals surface area contributed by atoms with Crippen molar-refractivity contribution in [1.29, 1.82) is 0 Å². The molecule has 2 aromatic carbocycles. The number of carbonyl (C=O) groups excluding carboxylic acids is 2. The maximum atomic E-state index is 13.6. The lowest BCUT2D eigenvalue weighted by Gasteiger charge is -2.41. The van der Waals surface area contributed by atoms with Gasteiger partial charge in [0, 0.05) is 25.6 Å². The number of rotatable bonds is 4. The third kappa shape index (κ3) is 6.60. The number of hydrogen-bond donors (Lipinski definition) is 0. The molecule has 1 fully saturated rings. The van der Waals surface area contributed by atoms with Crippen molar-refractivity contribution in [2.45, 2.75) is 71.4 Å². The lowest BCUT2D eigenvalue weighted by molar-refractivity contribution is -0.274. The van der Waals surface area contributed by atoms with Gasteiger partial charge < -0.3 is 19.3 Å². The Morgan fingerprint density at radius 1 is 0.974 bits per heavy atom. The number of likely N-dealkylation sites (tertiary alicyclic amines) is 1. The molecule has 0 saturated carbocycles. The van der Waals surface area contributed by atoms with Gasteiger partial charge in [-0.25, -0.2) is 4.79 Å². The summed E-state index contributed by atoms with van der Waals surface area (Å²) in [5.41, 5.74) is 2.99. The first kappa shape index (κ1) is 27.8. The molecule has 38 heavy (non-hydrogen) atoms. The number of fused-ring (bicyclic) bond motifs is 1. The number of alkyl halides is 3. The van der Waals surface area contributed by atoms with E-state index in [2.05, 4.69) is 4.74 Å². The van der Waals surface area contributed by atoms with Crippen molar-refractivity contribution >= 4 is 12.0 Å². The summed E-state index contributed by atoms with van der Waals surface area (Å²) >= 11 is 0. The highest BCUT2D eigenvalue weighted by atomic mass is 19.4. The van der Waals surface area contributed by atoms with Gasteiger partial charge in [0.05, 0.1) is 6.04 Å². The molecule has 0 spiro atoms. The van der Waals surface area contributed by atoms with Crippen LogP contribution >= 0.6 is 0 Å². The summed E-state index contributed by atoms with van der Waals surface area (Å²) in [5, 5.41) is 0. The average molecular weight is 533 g/mol. The van der Waals surface area contributed by atoms with Crippen molar-refractivity contribution in [2.24, 2.45) is 5.92 Å². The molecule has 1 atom stereocenters. The van der Waals surface area contributed by atoms with Gasteiger partial charge in [-0.3, -0.25) is 4.79 Å². The Bertz CT molecular complexity index is 1170. The maximum Gasteiger partial charge on any atom is 0.573 e. The van der Waals surface area contributed by atoms with Crippen LogP contribution in [0.5, 0.6) is 5.75 Å². The molecule has 1 unspecified atom stereocenters. The third-order valence-electron chi connectivity index (χ3n) is 7.07. The summed E-state index contributed by atoms with van der Waals surface area (Å²) in [4.78, 5) is 29.7. The van der Waals surface area contributed by atoms with Crippen molar-refractivity contribution in [3.63, 3.8) is 0 Å². The summed E-state index contributed by atoms with van der Waals surface area (Å²) in [5.74, 6) is -0.338. The normalized spacial score (nSPS) is 18.7. The zero-order valence-corrected chi connectivity index (χ0v) is 22.3. The van der Waals surface area contributed by atoms with Crippen molar-refractivity contribution < 1.29 is 32.2 Å². The molecule has 2 aromatic rings. The Morgan fingerprint density at radius 2 is 1.66 bits per heavy atom. The number of piperidine rings is 1. The molecule has 2 aliphatic heterocycles. The minimum Gasteiger partial charge on any atom is -0.444 e. The van der Waals surface area contributed by atoms with E-state index in [0.717, 1.165) is 23.1 Å². The van der Waals surface area contributed by atoms with Crippen LogP contribution in [0.15, 0.2) is 42.5 Å². The molecule has 0 radical (unpaired) electrons. The zero-order chi connectivity index (χ0) is 27.7. The molecule has 6 nitrogen and oxygen atoms in total. The van der Waals surface area contributed by atoms with Gasteiger partial charge in [0.25, 0.3) is 0 Å². The van der Waals surface area contributed by atoms with E-state index in [1.54, 1.807) is 11.0 Å². The second kappa shape index (κ2) is 10.9. The molecule has 2 amide bonds. The smallest absolute Gasteiger partial charge is 0.444 e. The molecular formula is C29H35F3N2O4. The first-order chi connectivity index (χ1) is 17.8. The number of benzene rings is 2. The predicted molar refractivity (Wildman–Crippen MR) is 138 cm³/mol. The zero-order valence-electron chi connectivity index (χ0n) is 22.3. The fourth-order valence-electron chi connectivity index (χ4n) is 5.32. The molecule has 4 rings (SSSR count). The average Bonchev–Trinajstić information content (AvgIpc) is 2.85. The first-order valence-electron chi connectivity index (χ1n) is 13.1. The molecule has 2 aliphatic rings. The Hall–Kier alpha value is -3.23. The highest BCUT2D eigenvalue weighted by molar-refractivity contribution is 5.80. The predicted octanol–water partition coefficient (Wildman–Crippen LogP) is 6.74. The Morgan fingerprint density at radius 3 is 2.29 bits per heavy atom. The van der Waals surface area contributed by atoms with Crippen LogP contribution in [-0.2, 0) is 16.0 Å². The highest BCUT2D eigenvalue weighted by Gasteiger charge is 2.36. The van der Waals surface area contributed by atoms with Crippen LogP contribution in [0.4, 0.5) is 18.0 Å². The quantitative estimate of drug-likeness (QED) is 0.438. The van der Waals surface area contributed by atoms with Crippen molar-refractivity contribution in [1.82, 2.24) is 9.80 Å². The monoisotopic (exact) mass is 532 g/mol. The van der Waals surface area contributed by atoms with E-state index in [0.29, 0.717) is 44.5 Å². The summed E-state index contributed by atoms with van der Waals surface area (Å²) in [6.07, 6.45) is -2.50. The molecule has 2 heterocycles. The standard InChI is InChI=1S/C29H35F3N2O4/c1-5-25-24-18-22(21-7-6-8-23(17-21)37-29(30,31)32)10-9-19(24)13-16-34(25)26(35)20-11-14-33(15-12-20)27(36)38-28(2,3)4/h6-10,17-18,20,25H,5,11-16H2,1-4H3. The first-order valence-corrected chi connectivity index (χ1v) is 13.1. The fraction of sp³-hybridized carbons (Fsp3) is 0.517. The molecule has 0 N–H and O–H groups in total. The molecule has 206 valence electrons. The van der Waals surface area contributed by atoms with Gasteiger partial charge in [-0.15, -0.1) is 13.2 Å². The fourth-order valence-corrected chi connectivity index (χ4v) is 5.32. The van der Waals surface area contributed by atoms with Gasteiger partial charge in [-0.1, -0.05) is 31.2 Å². The van der Waals surface area contributed by atoms with E-state index in [9.17, 15) is 22.8 Å². The van der Waals surface area contributed by atoms with Gasteiger partial charge in [0.2, 0.25) is 5.91 Å². The molecule has 0 aromatic heterocycles. The minimum atomic E-state index is -4.76. The Labute approximate surface area is 221 Å². The number of hydrogen-bond acceptors (Lipinski definition) is 4. The van der Waals surface area contributed by atoms with E-state index in [4.69, 9.17) is 4.74 Å². The van der Waals surface area contributed by atoms with E-state index >= 15 is 0 Å². The van der Waals surface area contributed by atoms with Crippen molar-refractivity contribution in [2.75, 3.05) is 19.6 Å². The highest BCUT2D eigenvalue weighted by Crippen LogP contribution is 2.38. The van der Waals surface area contributed by atoms with Crippen LogP contribution in [0, 0.1) is 5.92 Å². The second-order valence-electron chi connectivity index (χ2n) is 10.9. The Kier molecular flexibility index (Phi) is 7.95. The molecule has 0 bridgehead atoms. The number of carbonyl (C=O) groups is 2. The van der Waals surface area contributed by atoms with Gasteiger partial charge in [0.1, 0.15) is 11.4 Å². The van der Waals surface area contributed by atoms with Gasteiger partial charge in [-0.2, -0.15) is 0 Å². The summed E-state index contributed by atoms with van der Waals surface area (Å²) in [6, 6.07) is 11.7. The summed E-state index contributed by atoms with van der Waals surface area (Å²) in [7, 11) is 0. The number of nitrogens with zero attached hydrogens (tertiary/aromatic N) is 2. The van der Waals surface area contributed by atoms with Crippen LogP contribution in [0.3, 0.4) is 0 Å². The lowest BCUT2D eigenvalue weighted by Crippen LogP contribution is -2.48. The topological polar surface area (TPSA) is 59.1 Å². The lowest BCUT2D eigenvalue weighted by atomic mass is 9.86. The number of halogens is 3. The second-order valence-corrected chi connectivity index (χ2v) is 10.9. The van der Waals surface area contributed by atoms with E-state index < -0.39 is 12.0 Å². The summed E-state index contributed by atoms with van der Waals surface area (Å²) < 4.78 is 47.7. The van der Waals surface area contributed by atoms with Gasteiger partial charge in [0.15, 0.2) is 0 Å². The van der Waals surface area contributed by atoms with Crippen molar-refractivity contribution in [3.05, 3.63) is 53.6 Å². The molecular weight excluding hydrogens is 497 g/mol. The molecule has 9 heteroatoms. The van der Waals surface area contributed by atoms with Gasteiger partial charge in [-0.05, 0) is 86.9 Å². The maximum absolute atomic E-state index is 13.6. The van der Waals surface area contributed by atoms with Crippen LogP contribution in [0.2, 0.25) is 0 Å². The van der Waals surface area contributed by atoms with E-state index in [1.165, 1.54) is 18.2 Å². The minimum absolute atomic E-state index is 0.0947. The van der Waals surface area contributed by atoms with Crippen LogP contribution in [0.1, 0.15) is 64.1 Å². The number of amides is 2. The molecule has 0 aliphatic carbocycles. The third-order valence-corrected chi connectivity index (χ3v) is 7.07. The SMILES string of the molecule is CCC1c2cc(-c3cccc(OC(F)(F)F)c3)ccc2CCN1C(=O)C1CCN(C(=O)OC(C)(C)C)CC1. The van der Waals surface area contributed by atoms with Gasteiger partial charge >= 0.3 is 12.5 Å². The van der Waals surface area contributed by atoms with Crippen LogP contribution in [0.25, 0.3) is 11.1 Å². The molecule has 1 saturated heterocycles. The van der Waals surface area contributed by atoms with E-state index in [-0.39, 0.29) is 29.7 Å².